The molecule has 0 radical (unpaired) electrons. The first-order valence-corrected chi connectivity index (χ1v) is 7.35. The molecular weight excluding hydrogens is 327 g/mol. The van der Waals surface area contributed by atoms with Gasteiger partial charge in [-0.15, -0.1) is 24.8 Å². The summed E-state index contributed by atoms with van der Waals surface area (Å²) in [4.78, 5) is 6.75. The molecule has 1 saturated heterocycles. The normalized spacial score (nSPS) is 23.8. The predicted molar refractivity (Wildman–Crippen MR) is 79.8 cm³/mol. The summed E-state index contributed by atoms with van der Waals surface area (Å²) in [5.74, 6) is 0.621. The molecule has 0 unspecified atom stereocenters. The molecule has 1 aromatic heterocycles. The first kappa shape index (κ1) is 19.6. The molecular formula is C10H20Cl2N4O3S. The Labute approximate surface area is 130 Å². The lowest BCUT2D eigenvalue weighted by Crippen LogP contribution is -2.51. The van der Waals surface area contributed by atoms with Crippen molar-refractivity contribution in [2.45, 2.75) is 36.9 Å². The topological polar surface area (TPSA) is 112 Å². The molecule has 2 atom stereocenters. The van der Waals surface area contributed by atoms with Crippen LogP contribution in [0.25, 0.3) is 0 Å². The number of aromatic amines is 1. The third-order valence-corrected chi connectivity index (χ3v) is 4.73. The van der Waals surface area contributed by atoms with Crippen molar-refractivity contribution in [3.8, 4) is 0 Å². The number of β-amino-alcohol motifs (C(OH)–C–C–N with tert-alkyl or cyclic N) is 1. The molecule has 0 saturated carbocycles. The van der Waals surface area contributed by atoms with Gasteiger partial charge in [-0.25, -0.2) is 13.4 Å². The number of rotatable bonds is 3. The van der Waals surface area contributed by atoms with Gasteiger partial charge >= 0.3 is 0 Å². The number of piperidine rings is 1. The number of hydrogen-bond donors (Lipinski definition) is 3. The average molecular weight is 347 g/mol. The Balaban J connectivity index is 0.00000180. The summed E-state index contributed by atoms with van der Waals surface area (Å²) in [5.41, 5.74) is 5.73. The number of nitrogens with zero attached hydrogens (tertiary/aromatic N) is 2. The zero-order valence-electron chi connectivity index (χ0n) is 11.0. The smallest absolute Gasteiger partial charge is 0.260 e. The standard InChI is InChI=1S/C10H18N4O3S.2ClH/c1-2-9-12-4-10(13-9)18(16,17)14-5-7(11)3-8(15)6-14;;/h4,7-8,15H,2-3,5-6,11H2,1H3,(H,12,13);2*1H/t7-,8+;;/m0../s1. The molecule has 1 aliphatic rings. The Kier molecular flexibility index (Phi) is 7.43. The van der Waals surface area contributed by atoms with Gasteiger partial charge in [0, 0.05) is 25.6 Å². The molecule has 1 aromatic rings. The molecule has 0 bridgehead atoms. The molecule has 1 aliphatic heterocycles. The van der Waals surface area contributed by atoms with E-state index in [0.717, 1.165) is 0 Å². The molecule has 20 heavy (non-hydrogen) atoms. The van der Waals surface area contributed by atoms with Gasteiger partial charge in [-0.3, -0.25) is 0 Å². The molecule has 0 aromatic carbocycles. The van der Waals surface area contributed by atoms with Crippen molar-refractivity contribution in [3.63, 3.8) is 0 Å². The lowest BCUT2D eigenvalue weighted by Gasteiger charge is -2.32. The van der Waals surface area contributed by atoms with E-state index in [9.17, 15) is 13.5 Å². The van der Waals surface area contributed by atoms with Crippen LogP contribution in [-0.4, -0.2) is 53.0 Å². The van der Waals surface area contributed by atoms with E-state index in [-0.39, 0.29) is 49.0 Å². The van der Waals surface area contributed by atoms with Crippen molar-refractivity contribution >= 4 is 34.8 Å². The molecule has 0 spiro atoms. The van der Waals surface area contributed by atoms with Crippen molar-refractivity contribution in [2.24, 2.45) is 5.73 Å². The Morgan fingerprint density at radius 3 is 2.65 bits per heavy atom. The van der Waals surface area contributed by atoms with Gasteiger partial charge in [0.2, 0.25) is 0 Å². The van der Waals surface area contributed by atoms with E-state index in [1.807, 2.05) is 6.92 Å². The van der Waals surface area contributed by atoms with Gasteiger partial charge in [-0.2, -0.15) is 4.31 Å². The van der Waals surface area contributed by atoms with E-state index in [0.29, 0.717) is 18.7 Å². The summed E-state index contributed by atoms with van der Waals surface area (Å²) < 4.78 is 25.8. The maximum atomic E-state index is 12.3. The monoisotopic (exact) mass is 346 g/mol. The summed E-state index contributed by atoms with van der Waals surface area (Å²) >= 11 is 0. The highest BCUT2D eigenvalue weighted by Crippen LogP contribution is 2.19. The molecule has 4 N–H and O–H groups in total. The number of aromatic nitrogens is 2. The van der Waals surface area contributed by atoms with Crippen molar-refractivity contribution in [3.05, 3.63) is 12.0 Å². The fourth-order valence-electron chi connectivity index (χ4n) is 2.06. The maximum absolute atomic E-state index is 12.3. The van der Waals surface area contributed by atoms with E-state index >= 15 is 0 Å². The Hall–Kier alpha value is -0.380. The lowest BCUT2D eigenvalue weighted by atomic mass is 10.1. The summed E-state index contributed by atoms with van der Waals surface area (Å²) in [6.07, 6.45) is 1.66. The van der Waals surface area contributed by atoms with Crippen LogP contribution >= 0.6 is 24.8 Å². The molecule has 7 nitrogen and oxygen atoms in total. The van der Waals surface area contributed by atoms with Crippen LogP contribution in [0, 0.1) is 0 Å². The summed E-state index contributed by atoms with van der Waals surface area (Å²) in [6.45, 7) is 2.19. The summed E-state index contributed by atoms with van der Waals surface area (Å²) in [5, 5.41) is 9.66. The van der Waals surface area contributed by atoms with E-state index in [1.54, 1.807) is 0 Å². The number of sulfonamides is 1. The second-order valence-corrected chi connectivity index (χ2v) is 6.43. The average Bonchev–Trinajstić information content (AvgIpc) is 2.76. The van der Waals surface area contributed by atoms with Gasteiger partial charge in [-0.1, -0.05) is 6.92 Å². The largest absolute Gasteiger partial charge is 0.392 e. The molecule has 0 aliphatic carbocycles. The molecule has 2 rings (SSSR count). The van der Waals surface area contributed by atoms with Crippen molar-refractivity contribution in [1.29, 1.82) is 0 Å². The minimum absolute atomic E-state index is 0. The van der Waals surface area contributed by atoms with Crippen LogP contribution in [0.3, 0.4) is 0 Å². The van der Waals surface area contributed by atoms with Gasteiger partial charge < -0.3 is 15.8 Å². The number of aliphatic hydroxyl groups excluding tert-OH is 1. The Morgan fingerprint density at radius 1 is 1.50 bits per heavy atom. The quantitative estimate of drug-likeness (QED) is 0.707. The van der Waals surface area contributed by atoms with Gasteiger partial charge in [0.15, 0.2) is 5.03 Å². The zero-order valence-corrected chi connectivity index (χ0v) is 13.5. The Morgan fingerprint density at radius 2 is 2.15 bits per heavy atom. The van der Waals surface area contributed by atoms with Crippen LogP contribution in [0.4, 0.5) is 0 Å². The third kappa shape index (κ3) is 4.06. The minimum atomic E-state index is -3.64. The molecule has 0 amide bonds. The number of H-pyrrole nitrogens is 1. The van der Waals surface area contributed by atoms with Crippen molar-refractivity contribution in [1.82, 2.24) is 14.3 Å². The summed E-state index contributed by atoms with van der Waals surface area (Å²) in [6, 6.07) is -0.336. The highest BCUT2D eigenvalue weighted by atomic mass is 35.5. The number of halogens is 2. The summed E-state index contributed by atoms with van der Waals surface area (Å²) in [7, 11) is -3.64. The number of imidazole rings is 1. The van der Waals surface area contributed by atoms with Crippen LogP contribution in [0.1, 0.15) is 19.2 Å². The highest BCUT2D eigenvalue weighted by Gasteiger charge is 2.33. The number of hydrogen-bond acceptors (Lipinski definition) is 5. The second-order valence-electron chi connectivity index (χ2n) is 4.52. The number of nitrogens with one attached hydrogen (secondary N) is 1. The SMILES string of the molecule is CCc1ncc(S(=O)(=O)N2C[C@@H](N)C[C@@H](O)C2)[nH]1.Cl.Cl. The number of aryl methyl sites for hydroxylation is 1. The van der Waals surface area contributed by atoms with E-state index in [2.05, 4.69) is 9.97 Å². The number of aliphatic hydroxyl groups is 1. The van der Waals surface area contributed by atoms with Crippen LogP contribution < -0.4 is 5.73 Å². The Bertz CT molecular complexity index is 512. The van der Waals surface area contributed by atoms with Crippen LogP contribution in [-0.2, 0) is 16.4 Å². The predicted octanol–water partition coefficient (Wildman–Crippen LogP) is -0.102. The van der Waals surface area contributed by atoms with Gasteiger partial charge in [0.25, 0.3) is 10.0 Å². The molecule has 118 valence electrons. The van der Waals surface area contributed by atoms with Crippen LogP contribution in [0.15, 0.2) is 11.2 Å². The fourth-order valence-corrected chi connectivity index (χ4v) is 3.53. The first-order valence-electron chi connectivity index (χ1n) is 5.91. The van der Waals surface area contributed by atoms with E-state index < -0.39 is 16.1 Å². The van der Waals surface area contributed by atoms with Crippen molar-refractivity contribution < 1.29 is 13.5 Å². The molecule has 1 fully saturated rings. The van der Waals surface area contributed by atoms with Crippen molar-refractivity contribution in [2.75, 3.05) is 13.1 Å². The van der Waals surface area contributed by atoms with Crippen LogP contribution in [0.5, 0.6) is 0 Å². The maximum Gasteiger partial charge on any atom is 0.260 e. The zero-order chi connectivity index (χ0) is 13.3. The highest BCUT2D eigenvalue weighted by molar-refractivity contribution is 7.89. The second kappa shape index (κ2) is 7.58. The van der Waals surface area contributed by atoms with Gasteiger partial charge in [-0.05, 0) is 6.42 Å². The molecule has 10 heteroatoms. The third-order valence-electron chi connectivity index (χ3n) is 2.99. The lowest BCUT2D eigenvalue weighted by molar-refractivity contribution is 0.0973. The van der Waals surface area contributed by atoms with Gasteiger partial charge in [0.05, 0.1) is 12.3 Å². The van der Waals surface area contributed by atoms with E-state index in [4.69, 9.17) is 5.73 Å². The number of nitrogens with two attached hydrogens (primary N) is 1. The van der Waals surface area contributed by atoms with E-state index in [1.165, 1.54) is 10.5 Å². The van der Waals surface area contributed by atoms with Crippen LogP contribution in [0.2, 0.25) is 0 Å². The molecule has 2 heterocycles. The fraction of sp³-hybridized carbons (Fsp3) is 0.700. The first-order chi connectivity index (χ1) is 8.43. The minimum Gasteiger partial charge on any atom is -0.392 e. The van der Waals surface area contributed by atoms with Gasteiger partial charge in [0.1, 0.15) is 5.82 Å².